The van der Waals surface area contributed by atoms with Crippen LogP contribution in [0.5, 0.6) is 5.75 Å². The summed E-state index contributed by atoms with van der Waals surface area (Å²) < 4.78 is 6.71. The van der Waals surface area contributed by atoms with Gasteiger partial charge in [0.25, 0.3) is 0 Å². The molecule has 0 aromatic heterocycles. The second-order valence-corrected chi connectivity index (χ2v) is 7.42. The average Bonchev–Trinajstić information content (AvgIpc) is 2.51. The van der Waals surface area contributed by atoms with Crippen molar-refractivity contribution in [3.05, 3.63) is 69.7 Å². The third-order valence-electron chi connectivity index (χ3n) is 3.61. The number of ether oxygens (including phenoxy) is 1. The van der Waals surface area contributed by atoms with Gasteiger partial charge < -0.3 is 9.84 Å². The number of carboxylic acids is 1. The molecular formula is C20H21BrO3. The maximum atomic E-state index is 10.7. The van der Waals surface area contributed by atoms with Crippen LogP contribution in [0.2, 0.25) is 0 Å². The van der Waals surface area contributed by atoms with E-state index in [4.69, 9.17) is 9.84 Å². The Hall–Kier alpha value is -2.07. The molecule has 0 fully saturated rings. The summed E-state index contributed by atoms with van der Waals surface area (Å²) >= 11 is 3.46. The minimum atomic E-state index is -0.987. The first-order valence-electron chi connectivity index (χ1n) is 7.69. The van der Waals surface area contributed by atoms with Crippen LogP contribution in [0.3, 0.4) is 0 Å². The molecule has 1 N–H and O–H groups in total. The lowest BCUT2D eigenvalue weighted by molar-refractivity contribution is -0.131. The molecule has 0 saturated carbocycles. The van der Waals surface area contributed by atoms with E-state index in [1.807, 2.05) is 18.2 Å². The van der Waals surface area contributed by atoms with E-state index in [1.54, 1.807) is 0 Å². The summed E-state index contributed by atoms with van der Waals surface area (Å²) in [6.45, 7) is 6.96. The highest BCUT2D eigenvalue weighted by molar-refractivity contribution is 9.10. The van der Waals surface area contributed by atoms with Crippen molar-refractivity contribution in [3.63, 3.8) is 0 Å². The van der Waals surface area contributed by atoms with Crippen molar-refractivity contribution < 1.29 is 14.6 Å². The predicted octanol–water partition coefficient (Wildman–Crippen LogP) is 5.42. The zero-order chi connectivity index (χ0) is 17.7. The van der Waals surface area contributed by atoms with Gasteiger partial charge >= 0.3 is 5.97 Å². The number of carboxylic acid groups (broad SMARTS) is 1. The van der Waals surface area contributed by atoms with E-state index in [-0.39, 0.29) is 5.41 Å². The maximum absolute atomic E-state index is 10.7. The SMILES string of the molecule is CC(C)(C)c1ccc(COc2c(Br)cccc2/C=C/C(=O)O)cc1. The number of hydrogen-bond acceptors (Lipinski definition) is 2. The Morgan fingerprint density at radius 1 is 1.17 bits per heavy atom. The normalized spacial score (nSPS) is 11.7. The molecule has 126 valence electrons. The molecule has 0 unspecified atom stereocenters. The molecule has 0 spiro atoms. The van der Waals surface area contributed by atoms with Crippen LogP contribution < -0.4 is 4.74 Å². The molecule has 2 aromatic carbocycles. The fraction of sp³-hybridized carbons (Fsp3) is 0.250. The largest absolute Gasteiger partial charge is 0.487 e. The minimum Gasteiger partial charge on any atom is -0.487 e. The maximum Gasteiger partial charge on any atom is 0.328 e. The fourth-order valence-corrected chi connectivity index (χ4v) is 2.72. The lowest BCUT2D eigenvalue weighted by Crippen LogP contribution is -2.10. The number of benzene rings is 2. The van der Waals surface area contributed by atoms with Crippen molar-refractivity contribution >= 4 is 28.0 Å². The molecule has 0 aliphatic carbocycles. The van der Waals surface area contributed by atoms with Crippen molar-refractivity contribution in [1.82, 2.24) is 0 Å². The molecule has 3 nitrogen and oxygen atoms in total. The molecule has 2 aromatic rings. The molecule has 0 heterocycles. The van der Waals surface area contributed by atoms with Gasteiger partial charge in [-0.15, -0.1) is 0 Å². The van der Waals surface area contributed by atoms with E-state index in [0.29, 0.717) is 12.4 Å². The monoisotopic (exact) mass is 388 g/mol. The average molecular weight is 389 g/mol. The Morgan fingerprint density at radius 3 is 2.42 bits per heavy atom. The smallest absolute Gasteiger partial charge is 0.328 e. The zero-order valence-corrected chi connectivity index (χ0v) is 15.6. The van der Waals surface area contributed by atoms with Crippen molar-refractivity contribution in [2.45, 2.75) is 32.8 Å². The van der Waals surface area contributed by atoms with Crippen LogP contribution in [0.15, 0.2) is 53.0 Å². The summed E-state index contributed by atoms with van der Waals surface area (Å²) in [4.78, 5) is 10.7. The van der Waals surface area contributed by atoms with E-state index in [9.17, 15) is 4.79 Å². The van der Waals surface area contributed by atoms with Gasteiger partial charge in [0.1, 0.15) is 12.4 Å². The van der Waals surface area contributed by atoms with E-state index in [0.717, 1.165) is 21.7 Å². The van der Waals surface area contributed by atoms with E-state index >= 15 is 0 Å². The van der Waals surface area contributed by atoms with Crippen molar-refractivity contribution in [2.24, 2.45) is 0 Å². The quantitative estimate of drug-likeness (QED) is 0.695. The van der Waals surface area contributed by atoms with E-state index in [2.05, 4.69) is 61.0 Å². The lowest BCUT2D eigenvalue weighted by atomic mass is 9.87. The van der Waals surface area contributed by atoms with Crippen molar-refractivity contribution in [1.29, 1.82) is 0 Å². The highest BCUT2D eigenvalue weighted by Gasteiger charge is 2.13. The van der Waals surface area contributed by atoms with Gasteiger partial charge in [-0.2, -0.15) is 0 Å². The molecule has 0 amide bonds. The molecule has 0 saturated heterocycles. The minimum absolute atomic E-state index is 0.122. The number of hydrogen-bond donors (Lipinski definition) is 1. The van der Waals surface area contributed by atoms with Gasteiger partial charge in [0, 0.05) is 11.6 Å². The van der Waals surface area contributed by atoms with Crippen LogP contribution in [0.4, 0.5) is 0 Å². The molecular weight excluding hydrogens is 368 g/mol. The third-order valence-corrected chi connectivity index (χ3v) is 4.23. The summed E-state index contributed by atoms with van der Waals surface area (Å²) in [7, 11) is 0. The highest BCUT2D eigenvalue weighted by atomic mass is 79.9. The van der Waals surface area contributed by atoms with Crippen LogP contribution in [0.1, 0.15) is 37.5 Å². The van der Waals surface area contributed by atoms with Crippen molar-refractivity contribution in [2.75, 3.05) is 0 Å². The van der Waals surface area contributed by atoms with Crippen LogP contribution >= 0.6 is 15.9 Å². The summed E-state index contributed by atoms with van der Waals surface area (Å²) in [6, 6.07) is 13.9. The lowest BCUT2D eigenvalue weighted by Gasteiger charge is -2.19. The number of rotatable bonds is 5. The van der Waals surface area contributed by atoms with Gasteiger partial charge in [0.05, 0.1) is 4.47 Å². The van der Waals surface area contributed by atoms with Gasteiger partial charge in [-0.25, -0.2) is 4.79 Å². The summed E-state index contributed by atoms with van der Waals surface area (Å²) in [5.74, 6) is -0.353. The molecule has 0 bridgehead atoms. The zero-order valence-electron chi connectivity index (χ0n) is 14.0. The van der Waals surface area contributed by atoms with Crippen LogP contribution in [0, 0.1) is 0 Å². The van der Waals surface area contributed by atoms with Gasteiger partial charge in [0.2, 0.25) is 0 Å². The summed E-state index contributed by atoms with van der Waals surface area (Å²) in [5.41, 5.74) is 3.18. The number of carbonyl (C=O) groups is 1. The second kappa shape index (κ2) is 7.67. The standard InChI is InChI=1S/C20H21BrO3/c1-20(2,3)16-10-7-14(8-11-16)13-24-19-15(9-12-18(22)23)5-4-6-17(19)21/h4-12H,13H2,1-3H3,(H,22,23)/b12-9+. The van der Waals surface area contributed by atoms with Crippen LogP contribution in [-0.4, -0.2) is 11.1 Å². The summed E-state index contributed by atoms with van der Waals surface area (Å²) in [6.07, 6.45) is 2.64. The van der Waals surface area contributed by atoms with Crippen molar-refractivity contribution in [3.8, 4) is 5.75 Å². The molecule has 2 rings (SSSR count). The Bertz CT molecular complexity index is 740. The molecule has 4 heteroatoms. The van der Waals surface area contributed by atoms with Gasteiger partial charge in [-0.1, -0.05) is 57.2 Å². The number of aliphatic carboxylic acids is 1. The molecule has 0 radical (unpaired) electrons. The topological polar surface area (TPSA) is 46.5 Å². The molecule has 0 aliphatic rings. The number of para-hydroxylation sites is 1. The Balaban J connectivity index is 2.16. The van der Waals surface area contributed by atoms with Gasteiger partial charge in [-0.05, 0) is 44.6 Å². The van der Waals surface area contributed by atoms with Gasteiger partial charge in [-0.3, -0.25) is 0 Å². The van der Waals surface area contributed by atoms with Crippen LogP contribution in [-0.2, 0) is 16.8 Å². The van der Waals surface area contributed by atoms with E-state index in [1.165, 1.54) is 11.6 Å². The van der Waals surface area contributed by atoms with E-state index < -0.39 is 5.97 Å². The first-order chi connectivity index (χ1) is 11.3. The first kappa shape index (κ1) is 18.3. The van der Waals surface area contributed by atoms with Gasteiger partial charge in [0.15, 0.2) is 0 Å². The molecule has 0 atom stereocenters. The fourth-order valence-electron chi connectivity index (χ4n) is 2.23. The molecule has 0 aliphatic heterocycles. The third kappa shape index (κ3) is 4.96. The van der Waals surface area contributed by atoms with Crippen LogP contribution in [0.25, 0.3) is 6.08 Å². The Labute approximate surface area is 151 Å². The molecule has 24 heavy (non-hydrogen) atoms. The first-order valence-corrected chi connectivity index (χ1v) is 8.48. The Kier molecular flexibility index (Phi) is 5.84. The second-order valence-electron chi connectivity index (χ2n) is 6.57. The summed E-state index contributed by atoms with van der Waals surface area (Å²) in [5, 5.41) is 8.80. The Morgan fingerprint density at radius 2 is 1.83 bits per heavy atom. The predicted molar refractivity (Wildman–Crippen MR) is 100 cm³/mol. The number of halogens is 1. The highest BCUT2D eigenvalue weighted by Crippen LogP contribution is 2.31.